The topological polar surface area (TPSA) is 164 Å². The quantitative estimate of drug-likeness (QED) is 0.274. The highest BCUT2D eigenvalue weighted by atomic mass is 35.5. The molecule has 0 aliphatic carbocycles. The Kier molecular flexibility index (Phi) is 8.40. The molecule has 2 aromatic heterocycles. The van der Waals surface area contributed by atoms with E-state index < -0.39 is 10.0 Å². The Labute approximate surface area is 213 Å². The maximum absolute atomic E-state index is 13.0. The Balaban J connectivity index is 0.00000361. The molecular formula is C22H25ClN6O6S. The lowest BCUT2D eigenvalue weighted by Gasteiger charge is -2.11. The van der Waals surface area contributed by atoms with E-state index in [9.17, 15) is 13.2 Å². The number of para-hydroxylation sites is 1. The molecule has 36 heavy (non-hydrogen) atoms. The number of rotatable bonds is 10. The fraction of sp³-hybridized carbons (Fsp3) is 0.227. The van der Waals surface area contributed by atoms with Crippen LogP contribution < -0.4 is 25.2 Å². The first-order chi connectivity index (χ1) is 16.8. The van der Waals surface area contributed by atoms with Crippen molar-refractivity contribution in [2.75, 3.05) is 25.5 Å². The van der Waals surface area contributed by atoms with Crippen molar-refractivity contribution in [2.24, 2.45) is 5.73 Å². The second kappa shape index (κ2) is 11.3. The summed E-state index contributed by atoms with van der Waals surface area (Å²) in [4.78, 5) is 11.3. The number of aromatic nitrogens is 3. The van der Waals surface area contributed by atoms with Gasteiger partial charge in [0.25, 0.3) is 10.0 Å². The van der Waals surface area contributed by atoms with E-state index in [0.717, 1.165) is 11.1 Å². The molecule has 0 spiro atoms. The van der Waals surface area contributed by atoms with Crippen LogP contribution in [0.1, 0.15) is 11.1 Å². The van der Waals surface area contributed by atoms with Crippen LogP contribution in [0.3, 0.4) is 0 Å². The molecule has 14 heteroatoms. The number of methoxy groups -OCH3 is 2. The Morgan fingerprint density at radius 3 is 2.61 bits per heavy atom. The summed E-state index contributed by atoms with van der Waals surface area (Å²) in [5.74, 6) is 0.309. The molecule has 0 aliphatic heterocycles. The van der Waals surface area contributed by atoms with Gasteiger partial charge in [-0.2, -0.15) is 5.10 Å². The average Bonchev–Trinajstić information content (AvgIpc) is 3.48. The zero-order valence-corrected chi connectivity index (χ0v) is 21.1. The fourth-order valence-electron chi connectivity index (χ4n) is 3.48. The first kappa shape index (κ1) is 26.8. The second-order valence-corrected chi connectivity index (χ2v) is 9.14. The Morgan fingerprint density at radius 1 is 1.14 bits per heavy atom. The predicted octanol–water partition coefficient (Wildman–Crippen LogP) is 1.89. The molecule has 12 nitrogen and oxygen atoms in total. The zero-order chi connectivity index (χ0) is 25.0. The molecule has 0 atom stereocenters. The van der Waals surface area contributed by atoms with Gasteiger partial charge in [-0.3, -0.25) is 14.2 Å². The predicted molar refractivity (Wildman–Crippen MR) is 134 cm³/mol. The number of carbonyl (C=O) groups excluding carboxylic acids is 1. The summed E-state index contributed by atoms with van der Waals surface area (Å²) in [7, 11) is -1.16. The summed E-state index contributed by atoms with van der Waals surface area (Å²) in [6.45, 7) is 0.610. The maximum Gasteiger partial charge on any atom is 0.266 e. The van der Waals surface area contributed by atoms with Gasteiger partial charge in [-0.25, -0.2) is 8.42 Å². The van der Waals surface area contributed by atoms with Crippen molar-refractivity contribution in [3.05, 3.63) is 59.9 Å². The fourth-order valence-corrected chi connectivity index (χ4v) is 4.66. The molecule has 4 rings (SSSR count). The SMILES string of the molecule is COc1ccccc1S(=O)(=O)Nc1noc2cc(Cn3cc(CNC(=O)CN)cn3)cc(OC)c12.Cl. The molecule has 0 aliphatic rings. The van der Waals surface area contributed by atoms with Crippen LogP contribution in [0.5, 0.6) is 11.5 Å². The molecule has 4 aromatic rings. The van der Waals surface area contributed by atoms with Crippen LogP contribution in [0.25, 0.3) is 11.0 Å². The minimum absolute atomic E-state index is 0. The monoisotopic (exact) mass is 536 g/mol. The van der Waals surface area contributed by atoms with Gasteiger partial charge in [0.15, 0.2) is 11.4 Å². The molecule has 0 fully saturated rings. The van der Waals surface area contributed by atoms with Gasteiger partial charge in [0, 0.05) is 18.3 Å². The van der Waals surface area contributed by atoms with Gasteiger partial charge in [-0.1, -0.05) is 17.3 Å². The molecule has 4 N–H and O–H groups in total. The highest BCUT2D eigenvalue weighted by molar-refractivity contribution is 7.92. The van der Waals surface area contributed by atoms with Crippen molar-refractivity contribution in [3.63, 3.8) is 0 Å². The number of hydrogen-bond acceptors (Lipinski definition) is 9. The lowest BCUT2D eigenvalue weighted by Crippen LogP contribution is -2.29. The molecule has 0 radical (unpaired) electrons. The summed E-state index contributed by atoms with van der Waals surface area (Å²) >= 11 is 0. The third-order valence-electron chi connectivity index (χ3n) is 5.11. The summed E-state index contributed by atoms with van der Waals surface area (Å²) < 4.78 is 46.2. The van der Waals surface area contributed by atoms with Gasteiger partial charge < -0.3 is 25.0 Å². The van der Waals surface area contributed by atoms with E-state index >= 15 is 0 Å². The van der Waals surface area contributed by atoms with E-state index in [1.807, 2.05) is 0 Å². The second-order valence-electron chi connectivity index (χ2n) is 7.49. The number of benzene rings is 2. The van der Waals surface area contributed by atoms with Crippen molar-refractivity contribution in [3.8, 4) is 11.5 Å². The minimum atomic E-state index is -4.02. The van der Waals surface area contributed by atoms with Gasteiger partial charge in [-0.05, 0) is 29.8 Å². The van der Waals surface area contributed by atoms with Crippen molar-refractivity contribution < 1.29 is 27.2 Å². The Morgan fingerprint density at radius 2 is 1.89 bits per heavy atom. The number of hydrogen-bond donors (Lipinski definition) is 3. The van der Waals surface area contributed by atoms with Gasteiger partial charge in [0.1, 0.15) is 21.8 Å². The molecule has 2 aromatic carbocycles. The van der Waals surface area contributed by atoms with E-state index in [1.54, 1.807) is 47.4 Å². The number of anilines is 1. The van der Waals surface area contributed by atoms with Gasteiger partial charge in [-0.15, -0.1) is 12.4 Å². The molecule has 0 saturated carbocycles. The first-order valence-electron chi connectivity index (χ1n) is 10.4. The zero-order valence-electron chi connectivity index (χ0n) is 19.4. The van der Waals surface area contributed by atoms with Crippen molar-refractivity contribution in [2.45, 2.75) is 18.0 Å². The molecule has 1 amide bonds. The van der Waals surface area contributed by atoms with Crippen LogP contribution in [-0.2, 0) is 27.9 Å². The van der Waals surface area contributed by atoms with E-state index in [1.165, 1.54) is 20.3 Å². The number of amides is 1. The van der Waals surface area contributed by atoms with Crippen molar-refractivity contribution in [1.82, 2.24) is 20.3 Å². The number of fused-ring (bicyclic) bond motifs is 1. The third-order valence-corrected chi connectivity index (χ3v) is 6.49. The largest absolute Gasteiger partial charge is 0.496 e. The number of sulfonamides is 1. The Hall–Kier alpha value is -3.81. The van der Waals surface area contributed by atoms with Crippen LogP contribution in [0.4, 0.5) is 5.82 Å². The molecular weight excluding hydrogens is 512 g/mol. The van der Waals surface area contributed by atoms with Crippen LogP contribution in [-0.4, -0.2) is 50.0 Å². The minimum Gasteiger partial charge on any atom is -0.496 e. The van der Waals surface area contributed by atoms with Crippen LogP contribution >= 0.6 is 12.4 Å². The van der Waals surface area contributed by atoms with Gasteiger partial charge in [0.2, 0.25) is 5.91 Å². The normalized spacial score (nSPS) is 11.1. The summed E-state index contributed by atoms with van der Waals surface area (Å²) in [6, 6.07) is 9.72. The van der Waals surface area contributed by atoms with E-state index in [-0.39, 0.29) is 41.3 Å². The number of carbonyl (C=O) groups is 1. The van der Waals surface area contributed by atoms with Crippen LogP contribution in [0.2, 0.25) is 0 Å². The number of halogens is 1. The van der Waals surface area contributed by atoms with E-state index in [4.69, 9.17) is 19.7 Å². The highest BCUT2D eigenvalue weighted by Crippen LogP contribution is 2.35. The summed E-state index contributed by atoms with van der Waals surface area (Å²) in [5.41, 5.74) is 7.22. The van der Waals surface area contributed by atoms with Crippen molar-refractivity contribution >= 4 is 45.1 Å². The average molecular weight is 537 g/mol. The number of ether oxygens (including phenoxy) is 2. The van der Waals surface area contributed by atoms with Crippen LogP contribution in [0.15, 0.2) is 58.2 Å². The Bertz CT molecular complexity index is 1470. The van der Waals surface area contributed by atoms with Gasteiger partial charge >= 0.3 is 0 Å². The lowest BCUT2D eigenvalue weighted by atomic mass is 10.1. The smallest absolute Gasteiger partial charge is 0.266 e. The van der Waals surface area contributed by atoms with Gasteiger partial charge in [0.05, 0.1) is 33.5 Å². The molecule has 2 heterocycles. The molecule has 0 bridgehead atoms. The summed E-state index contributed by atoms with van der Waals surface area (Å²) in [5, 5.41) is 11.3. The van der Waals surface area contributed by atoms with Crippen LogP contribution in [0, 0.1) is 0 Å². The summed E-state index contributed by atoms with van der Waals surface area (Å²) in [6.07, 6.45) is 3.44. The van der Waals surface area contributed by atoms with E-state index in [2.05, 4.69) is 20.3 Å². The lowest BCUT2D eigenvalue weighted by molar-refractivity contribution is -0.119. The van der Waals surface area contributed by atoms with Crippen molar-refractivity contribution in [1.29, 1.82) is 0 Å². The maximum atomic E-state index is 13.0. The molecule has 0 unspecified atom stereocenters. The first-order valence-corrected chi connectivity index (χ1v) is 11.9. The number of nitrogens with two attached hydrogens (primary N) is 1. The molecule has 0 saturated heterocycles. The molecule has 192 valence electrons. The number of nitrogens with zero attached hydrogens (tertiary/aromatic N) is 3. The highest BCUT2D eigenvalue weighted by Gasteiger charge is 2.24. The standard InChI is InChI=1S/C22H24N6O6S.ClH/c1-32-16-5-3-4-6-19(16)35(30,31)27-22-21-17(33-2)7-14(8-18(21)34-26-22)12-28-13-15(11-25-28)10-24-20(29)9-23;/h3-8,11,13H,9-10,12,23H2,1-2H3,(H,24,29)(H,26,27);1H. The third kappa shape index (κ3) is 5.70. The number of nitrogens with one attached hydrogen (secondary N) is 2. The van der Waals surface area contributed by atoms with E-state index in [0.29, 0.717) is 29.8 Å².